The van der Waals surface area contributed by atoms with Crippen LogP contribution in [0.25, 0.3) is 0 Å². The van der Waals surface area contributed by atoms with Crippen LogP contribution in [0.4, 0.5) is 4.39 Å². The Morgan fingerprint density at radius 1 is 1.48 bits per heavy atom. The first-order chi connectivity index (χ1) is 9.54. The average Bonchev–Trinajstić information content (AvgIpc) is 2.65. The van der Waals surface area contributed by atoms with E-state index in [-0.39, 0.29) is 11.3 Å². The maximum absolute atomic E-state index is 13.8. The summed E-state index contributed by atoms with van der Waals surface area (Å²) >= 11 is 0. The molecular weight excluding hydrogens is 295 g/mol. The highest BCUT2D eigenvalue weighted by atomic mass is 32.3. The van der Waals surface area contributed by atoms with Crippen molar-refractivity contribution in [1.29, 1.82) is 0 Å². The number of halogens is 1. The molecule has 0 spiro atoms. The van der Waals surface area contributed by atoms with Crippen LogP contribution in [0.5, 0.6) is 0 Å². The van der Waals surface area contributed by atoms with Crippen molar-refractivity contribution in [2.75, 3.05) is 19.1 Å². The molecule has 7 heteroatoms. The van der Waals surface area contributed by atoms with Crippen molar-refractivity contribution in [1.82, 2.24) is 9.72 Å². The van der Waals surface area contributed by atoms with Gasteiger partial charge in [-0.15, -0.1) is 10.3 Å². The van der Waals surface area contributed by atoms with Gasteiger partial charge in [-0.25, -0.2) is 9.18 Å². The number of aryl methyl sites for hydroxylation is 1. The molecule has 0 saturated heterocycles. The van der Waals surface area contributed by atoms with Gasteiger partial charge in [0.25, 0.3) is 0 Å². The highest BCUT2D eigenvalue weighted by molar-refractivity contribution is 8.29. The van der Waals surface area contributed by atoms with Gasteiger partial charge in [-0.2, -0.15) is 0 Å². The van der Waals surface area contributed by atoms with Crippen LogP contribution in [0.15, 0.2) is 21.2 Å². The lowest BCUT2D eigenvalue weighted by molar-refractivity contribution is 0.355. The molecule has 0 atom stereocenters. The first-order valence-corrected chi connectivity index (χ1v) is 9.17. The molecule has 1 aromatic heterocycles. The van der Waals surface area contributed by atoms with Crippen LogP contribution in [0.3, 0.4) is 0 Å². The molecule has 0 aliphatic heterocycles. The number of hydrogen-bond acceptors (Lipinski definition) is 4. The Labute approximate surface area is 126 Å². The molecular formula is C14H25FN2O3S. The monoisotopic (exact) mass is 320 g/mol. The zero-order chi connectivity index (χ0) is 16.3. The fraction of sp³-hybridized carbons (Fsp3) is 0.714. The van der Waals surface area contributed by atoms with E-state index < -0.39 is 21.9 Å². The van der Waals surface area contributed by atoms with Crippen molar-refractivity contribution in [2.45, 2.75) is 45.4 Å². The number of nitrogens with zero attached hydrogens (tertiary/aromatic N) is 2. The fourth-order valence-electron chi connectivity index (χ4n) is 1.38. The molecule has 1 rings (SSSR count). The molecule has 0 bridgehead atoms. The highest BCUT2D eigenvalue weighted by Gasteiger charge is 2.28. The number of rotatable bonds is 6. The summed E-state index contributed by atoms with van der Waals surface area (Å²) in [6.45, 7) is 8.32. The van der Waals surface area contributed by atoms with Crippen LogP contribution < -0.4 is 5.76 Å². The van der Waals surface area contributed by atoms with Gasteiger partial charge < -0.3 is 4.18 Å². The molecule has 0 unspecified atom stereocenters. The second-order valence-corrected chi connectivity index (χ2v) is 10.1. The first kappa shape index (κ1) is 18.0. The maximum Gasteiger partial charge on any atom is 0.441 e. The van der Waals surface area contributed by atoms with Crippen LogP contribution in [0.1, 0.15) is 33.0 Å². The lowest BCUT2D eigenvalue weighted by Gasteiger charge is -2.43. The summed E-state index contributed by atoms with van der Waals surface area (Å²) in [4.78, 5) is 11.3. The molecule has 0 aromatic carbocycles. The van der Waals surface area contributed by atoms with E-state index in [1.165, 1.54) is 6.08 Å². The Morgan fingerprint density at radius 3 is 2.57 bits per heavy atom. The Balaban J connectivity index is 2.49. The van der Waals surface area contributed by atoms with E-state index >= 15 is 0 Å². The van der Waals surface area contributed by atoms with E-state index in [2.05, 4.69) is 43.0 Å². The second kappa shape index (κ2) is 6.79. The van der Waals surface area contributed by atoms with Gasteiger partial charge in [0.05, 0.1) is 13.2 Å². The van der Waals surface area contributed by atoms with Crippen molar-refractivity contribution in [3.05, 3.63) is 28.3 Å². The molecule has 0 N–H and O–H groups in total. The zero-order valence-corrected chi connectivity index (χ0v) is 14.4. The average molecular weight is 320 g/mol. The third-order valence-corrected chi connectivity index (χ3v) is 7.22. The SMILES string of the molecule is Cc1noc(=O)n1C/C(F)=C\CCOS(C)(C)C(C)(C)C. The maximum atomic E-state index is 13.8. The lowest BCUT2D eigenvalue weighted by atomic mass is 10.3. The van der Waals surface area contributed by atoms with Crippen LogP contribution in [0, 0.1) is 6.92 Å². The Hall–Kier alpha value is -1.08. The molecule has 21 heavy (non-hydrogen) atoms. The minimum Gasteiger partial charge on any atom is -0.336 e. The zero-order valence-electron chi connectivity index (χ0n) is 13.6. The number of aromatic nitrogens is 2. The molecule has 0 amide bonds. The van der Waals surface area contributed by atoms with E-state index in [1.807, 2.05) is 0 Å². The fourth-order valence-corrected chi connectivity index (χ4v) is 2.25. The lowest BCUT2D eigenvalue weighted by Crippen LogP contribution is -2.25. The van der Waals surface area contributed by atoms with E-state index in [9.17, 15) is 9.18 Å². The summed E-state index contributed by atoms with van der Waals surface area (Å²) in [6, 6.07) is 0. The van der Waals surface area contributed by atoms with Crippen molar-refractivity contribution in [3.8, 4) is 0 Å². The van der Waals surface area contributed by atoms with Gasteiger partial charge in [-0.05, 0) is 31.9 Å². The van der Waals surface area contributed by atoms with Gasteiger partial charge in [0, 0.05) is 4.75 Å². The predicted molar refractivity (Wildman–Crippen MR) is 84.5 cm³/mol. The summed E-state index contributed by atoms with van der Waals surface area (Å²) < 4.78 is 25.3. The smallest absolute Gasteiger partial charge is 0.336 e. The molecule has 122 valence electrons. The van der Waals surface area contributed by atoms with Gasteiger partial charge in [0.2, 0.25) is 0 Å². The van der Waals surface area contributed by atoms with Crippen molar-refractivity contribution in [3.63, 3.8) is 0 Å². The van der Waals surface area contributed by atoms with Crippen molar-refractivity contribution >= 4 is 10.3 Å². The van der Waals surface area contributed by atoms with Crippen LogP contribution in [0.2, 0.25) is 0 Å². The second-order valence-electron chi connectivity index (χ2n) is 6.19. The quantitative estimate of drug-likeness (QED) is 0.755. The van der Waals surface area contributed by atoms with Crippen molar-refractivity contribution < 1.29 is 13.1 Å². The highest BCUT2D eigenvalue weighted by Crippen LogP contribution is 2.53. The molecule has 0 aliphatic rings. The van der Waals surface area contributed by atoms with E-state index in [1.54, 1.807) is 6.92 Å². The molecule has 0 fully saturated rings. The molecule has 1 aromatic rings. The van der Waals surface area contributed by atoms with Gasteiger partial charge in [0.1, 0.15) is 5.83 Å². The summed E-state index contributed by atoms with van der Waals surface area (Å²) in [5.41, 5.74) is 0. The van der Waals surface area contributed by atoms with Crippen LogP contribution >= 0.6 is 10.3 Å². The van der Waals surface area contributed by atoms with Crippen molar-refractivity contribution in [2.24, 2.45) is 0 Å². The number of hydrogen-bond donors (Lipinski definition) is 0. The van der Waals surface area contributed by atoms with E-state index in [0.717, 1.165) is 4.57 Å². The summed E-state index contributed by atoms with van der Waals surface area (Å²) in [5, 5.41) is 3.49. The largest absolute Gasteiger partial charge is 0.441 e. The minimum absolute atomic E-state index is 0.0855. The van der Waals surface area contributed by atoms with Gasteiger partial charge >= 0.3 is 5.76 Å². The summed E-state index contributed by atoms with van der Waals surface area (Å²) in [5.74, 6) is -0.681. The van der Waals surface area contributed by atoms with Gasteiger partial charge in [0.15, 0.2) is 5.82 Å². The topological polar surface area (TPSA) is 57.3 Å². The van der Waals surface area contributed by atoms with Crippen LogP contribution in [-0.2, 0) is 10.7 Å². The molecule has 1 heterocycles. The third kappa shape index (κ3) is 5.00. The molecule has 0 radical (unpaired) electrons. The Kier molecular flexibility index (Phi) is 5.81. The predicted octanol–water partition coefficient (Wildman–Crippen LogP) is 3.18. The molecule has 5 nitrogen and oxygen atoms in total. The Bertz CT molecular complexity index is 555. The van der Waals surface area contributed by atoms with E-state index in [0.29, 0.717) is 18.9 Å². The van der Waals surface area contributed by atoms with Crippen LogP contribution in [-0.4, -0.2) is 33.6 Å². The van der Waals surface area contributed by atoms with Gasteiger partial charge in [-0.1, -0.05) is 25.9 Å². The normalized spacial score (nSPS) is 14.5. The summed E-state index contributed by atoms with van der Waals surface area (Å²) in [6.07, 6.45) is 6.12. The molecule has 0 saturated carbocycles. The third-order valence-electron chi connectivity index (χ3n) is 3.51. The number of allylic oxidation sites excluding steroid dienone is 1. The van der Waals surface area contributed by atoms with Gasteiger partial charge in [-0.3, -0.25) is 9.09 Å². The first-order valence-electron chi connectivity index (χ1n) is 6.79. The van der Waals surface area contributed by atoms with E-state index in [4.69, 9.17) is 4.18 Å². The molecule has 0 aliphatic carbocycles. The summed E-state index contributed by atoms with van der Waals surface area (Å²) in [7, 11) is -1.19. The minimum atomic E-state index is -1.19. The Morgan fingerprint density at radius 2 is 2.10 bits per heavy atom. The standard InChI is InChI=1S/C14H25FN2O3S/c1-11-16-20-13(18)17(11)10-12(15)8-7-9-19-21(5,6)14(2,3)4/h8H,7,9-10H2,1-6H3/b12-8+.